The van der Waals surface area contributed by atoms with Crippen molar-refractivity contribution in [1.29, 1.82) is 0 Å². The van der Waals surface area contributed by atoms with Gasteiger partial charge in [-0.15, -0.1) is 11.6 Å². The predicted molar refractivity (Wildman–Crippen MR) is 72.5 cm³/mol. The van der Waals surface area contributed by atoms with Gasteiger partial charge in [0.2, 0.25) is 0 Å². The minimum absolute atomic E-state index is 0.0424. The third-order valence-electron chi connectivity index (χ3n) is 2.70. The zero-order chi connectivity index (χ0) is 14.4. The van der Waals surface area contributed by atoms with E-state index in [1.165, 1.54) is 0 Å². The summed E-state index contributed by atoms with van der Waals surface area (Å²) in [5.74, 6) is 1.48. The number of alkyl halides is 1. The number of alkyl carbamates (subject to hydrolysis) is 1. The number of hydrogen-bond donors (Lipinski definition) is 2. The van der Waals surface area contributed by atoms with Crippen LogP contribution in [0.1, 0.15) is 11.7 Å². The van der Waals surface area contributed by atoms with Gasteiger partial charge in [0, 0.05) is 0 Å². The predicted octanol–water partition coefficient (Wildman–Crippen LogP) is 1.46. The van der Waals surface area contributed by atoms with Crippen molar-refractivity contribution in [3.8, 4) is 11.5 Å². The van der Waals surface area contributed by atoms with E-state index >= 15 is 0 Å². The van der Waals surface area contributed by atoms with Crippen LogP contribution in [-0.2, 0) is 4.74 Å². The van der Waals surface area contributed by atoms with Gasteiger partial charge in [-0.05, 0) is 17.7 Å². The lowest BCUT2D eigenvalue weighted by molar-refractivity contribution is 0.135. The zero-order valence-corrected chi connectivity index (χ0v) is 11.6. The first kappa shape index (κ1) is 14.7. The number of ether oxygens (including phenoxy) is 3. The highest BCUT2D eigenvalue weighted by atomic mass is 35.5. The van der Waals surface area contributed by atoms with E-state index in [1.54, 1.807) is 18.2 Å². The summed E-state index contributed by atoms with van der Waals surface area (Å²) < 4.78 is 15.6. The number of aliphatic hydroxyl groups excluding tert-OH is 1. The molecule has 0 saturated carbocycles. The van der Waals surface area contributed by atoms with E-state index in [0.29, 0.717) is 30.3 Å². The summed E-state index contributed by atoms with van der Waals surface area (Å²) in [7, 11) is 0. The number of rotatable bonds is 5. The molecule has 0 spiro atoms. The number of halogens is 1. The van der Waals surface area contributed by atoms with Crippen LogP contribution in [0.3, 0.4) is 0 Å². The van der Waals surface area contributed by atoms with Gasteiger partial charge in [-0.3, -0.25) is 0 Å². The first-order valence-corrected chi connectivity index (χ1v) is 6.78. The van der Waals surface area contributed by atoms with Gasteiger partial charge < -0.3 is 24.6 Å². The second kappa shape index (κ2) is 7.21. The lowest BCUT2D eigenvalue weighted by atomic mass is 10.1. The standard InChI is InChI=1S/C13H16ClNO5/c14-3-4-20-13(17)15-8-10(16)9-1-2-11-12(7-9)19-6-5-18-11/h1-2,7,10,16H,3-6,8H2,(H,15,17). The number of nitrogens with one attached hydrogen (secondary N) is 1. The molecule has 2 N–H and O–H groups in total. The first-order valence-electron chi connectivity index (χ1n) is 6.25. The van der Waals surface area contributed by atoms with E-state index in [2.05, 4.69) is 5.32 Å². The highest BCUT2D eigenvalue weighted by Gasteiger charge is 2.16. The van der Waals surface area contributed by atoms with Crippen molar-refractivity contribution in [3.63, 3.8) is 0 Å². The molecular weight excluding hydrogens is 286 g/mol. The zero-order valence-electron chi connectivity index (χ0n) is 10.8. The van der Waals surface area contributed by atoms with Gasteiger partial charge in [0.25, 0.3) is 0 Å². The molecule has 0 bridgehead atoms. The molecule has 1 atom stereocenters. The quantitative estimate of drug-likeness (QED) is 0.805. The molecule has 1 heterocycles. The molecule has 1 aromatic rings. The van der Waals surface area contributed by atoms with Crippen LogP contribution in [0.5, 0.6) is 11.5 Å². The van der Waals surface area contributed by atoms with E-state index in [4.69, 9.17) is 25.8 Å². The Hall–Kier alpha value is -1.66. The maximum Gasteiger partial charge on any atom is 0.407 e. The van der Waals surface area contributed by atoms with Crippen molar-refractivity contribution in [2.24, 2.45) is 0 Å². The smallest absolute Gasteiger partial charge is 0.407 e. The van der Waals surface area contributed by atoms with Crippen LogP contribution in [-0.4, -0.2) is 43.4 Å². The number of benzene rings is 1. The average Bonchev–Trinajstić information content (AvgIpc) is 2.50. The number of fused-ring (bicyclic) bond motifs is 1. The Morgan fingerprint density at radius 1 is 1.40 bits per heavy atom. The third kappa shape index (κ3) is 3.91. The van der Waals surface area contributed by atoms with Crippen molar-refractivity contribution in [2.45, 2.75) is 6.10 Å². The SMILES string of the molecule is O=C(NCC(O)c1ccc2c(c1)OCCO2)OCCCl. The second-order valence-electron chi connectivity index (χ2n) is 4.12. The number of aliphatic hydroxyl groups is 1. The minimum Gasteiger partial charge on any atom is -0.486 e. The molecule has 7 heteroatoms. The molecule has 1 aliphatic rings. The summed E-state index contributed by atoms with van der Waals surface area (Å²) in [5.41, 5.74) is 0.631. The highest BCUT2D eigenvalue weighted by Crippen LogP contribution is 2.32. The van der Waals surface area contributed by atoms with Crippen LogP contribution in [0.2, 0.25) is 0 Å². The van der Waals surface area contributed by atoms with Gasteiger partial charge in [-0.25, -0.2) is 4.79 Å². The van der Waals surface area contributed by atoms with Crippen molar-refractivity contribution >= 4 is 17.7 Å². The Labute approximate surface area is 121 Å². The fourth-order valence-corrected chi connectivity index (χ4v) is 1.82. The summed E-state index contributed by atoms with van der Waals surface area (Å²) in [6.45, 7) is 1.17. The van der Waals surface area contributed by atoms with Crippen LogP contribution in [0.25, 0.3) is 0 Å². The van der Waals surface area contributed by atoms with Gasteiger partial charge in [-0.1, -0.05) is 6.07 Å². The lowest BCUT2D eigenvalue weighted by Crippen LogP contribution is -2.29. The van der Waals surface area contributed by atoms with E-state index < -0.39 is 12.2 Å². The summed E-state index contributed by atoms with van der Waals surface area (Å²) in [5, 5.41) is 12.5. The summed E-state index contributed by atoms with van der Waals surface area (Å²) in [4.78, 5) is 11.2. The molecule has 20 heavy (non-hydrogen) atoms. The van der Waals surface area contributed by atoms with Crippen LogP contribution < -0.4 is 14.8 Å². The molecule has 2 rings (SSSR count). The van der Waals surface area contributed by atoms with Crippen molar-refractivity contribution in [1.82, 2.24) is 5.32 Å². The Morgan fingerprint density at radius 2 is 2.15 bits per heavy atom. The molecule has 0 fully saturated rings. The van der Waals surface area contributed by atoms with Gasteiger partial charge >= 0.3 is 6.09 Å². The first-order chi connectivity index (χ1) is 9.70. The largest absolute Gasteiger partial charge is 0.486 e. The van der Waals surface area contributed by atoms with Crippen LogP contribution in [0, 0.1) is 0 Å². The van der Waals surface area contributed by atoms with Gasteiger partial charge in [0.15, 0.2) is 11.5 Å². The molecule has 0 radical (unpaired) electrons. The van der Waals surface area contributed by atoms with Crippen molar-refractivity contribution < 1.29 is 24.1 Å². The van der Waals surface area contributed by atoms with E-state index in [-0.39, 0.29) is 19.0 Å². The molecule has 0 aromatic heterocycles. The molecular formula is C13H16ClNO5. The summed E-state index contributed by atoms with van der Waals surface area (Å²) >= 11 is 5.39. The number of carbonyl (C=O) groups is 1. The molecule has 1 unspecified atom stereocenters. The normalized spacial score (nSPS) is 14.5. The monoisotopic (exact) mass is 301 g/mol. The number of carbonyl (C=O) groups excluding carboxylic acids is 1. The molecule has 110 valence electrons. The van der Waals surface area contributed by atoms with Gasteiger partial charge in [-0.2, -0.15) is 0 Å². The van der Waals surface area contributed by atoms with Crippen molar-refractivity contribution in [3.05, 3.63) is 23.8 Å². The molecule has 6 nitrogen and oxygen atoms in total. The van der Waals surface area contributed by atoms with Crippen LogP contribution in [0.4, 0.5) is 4.79 Å². The number of amides is 1. The third-order valence-corrected chi connectivity index (χ3v) is 2.86. The van der Waals surface area contributed by atoms with Gasteiger partial charge in [0.05, 0.1) is 18.5 Å². The van der Waals surface area contributed by atoms with E-state index in [9.17, 15) is 9.90 Å². The topological polar surface area (TPSA) is 77.0 Å². The fraction of sp³-hybridized carbons (Fsp3) is 0.462. The molecule has 0 aliphatic carbocycles. The molecule has 1 aromatic carbocycles. The Bertz CT molecular complexity index is 468. The van der Waals surface area contributed by atoms with E-state index in [1.807, 2.05) is 0 Å². The van der Waals surface area contributed by atoms with Gasteiger partial charge in [0.1, 0.15) is 19.8 Å². The molecule has 0 saturated heterocycles. The molecule has 1 amide bonds. The highest BCUT2D eigenvalue weighted by molar-refractivity contribution is 6.18. The maximum atomic E-state index is 11.2. The van der Waals surface area contributed by atoms with E-state index in [0.717, 1.165) is 0 Å². The fourth-order valence-electron chi connectivity index (χ4n) is 1.75. The van der Waals surface area contributed by atoms with Crippen molar-refractivity contribution in [2.75, 3.05) is 32.2 Å². The van der Waals surface area contributed by atoms with Crippen LogP contribution in [0.15, 0.2) is 18.2 Å². The minimum atomic E-state index is -0.852. The average molecular weight is 302 g/mol. The lowest BCUT2D eigenvalue weighted by Gasteiger charge is -2.20. The Balaban J connectivity index is 1.89. The Kier molecular flexibility index (Phi) is 5.31. The Morgan fingerprint density at radius 3 is 2.90 bits per heavy atom. The summed E-state index contributed by atoms with van der Waals surface area (Å²) in [6, 6.07) is 5.16. The summed E-state index contributed by atoms with van der Waals surface area (Å²) in [6.07, 6.45) is -1.46. The second-order valence-corrected chi connectivity index (χ2v) is 4.50. The van der Waals surface area contributed by atoms with Crippen LogP contribution >= 0.6 is 11.6 Å². The maximum absolute atomic E-state index is 11.2. The number of hydrogen-bond acceptors (Lipinski definition) is 5. The molecule has 1 aliphatic heterocycles.